The maximum absolute atomic E-state index is 12.2. The molecule has 0 fully saturated rings. The Morgan fingerprint density at radius 3 is 2.45 bits per heavy atom. The van der Waals surface area contributed by atoms with Crippen LogP contribution in [0.4, 0.5) is 0 Å². The van der Waals surface area contributed by atoms with E-state index in [1.807, 2.05) is 0 Å². The van der Waals surface area contributed by atoms with E-state index in [1.165, 1.54) is 19.1 Å². The summed E-state index contributed by atoms with van der Waals surface area (Å²) in [6.07, 6.45) is 0.362. The fraction of sp³-hybridized carbons (Fsp3) is 0.429. The molecule has 4 N–H and O–H groups in total. The first-order chi connectivity index (χ1) is 9.36. The van der Waals surface area contributed by atoms with Crippen LogP contribution in [-0.4, -0.2) is 40.0 Å². The third-order valence-electron chi connectivity index (χ3n) is 3.00. The number of benzene rings is 1. The fourth-order valence-corrected chi connectivity index (χ4v) is 1.95. The Balaban J connectivity index is 2.78. The molecule has 1 aromatic rings. The molecule has 0 saturated heterocycles. The van der Waals surface area contributed by atoms with E-state index in [2.05, 4.69) is 0 Å². The molecule has 1 atom stereocenters. The predicted molar refractivity (Wildman–Crippen MR) is 74.1 cm³/mol. The number of nitrogens with zero attached hydrogens (tertiary/aromatic N) is 1. The number of carbonyl (C=O) groups is 2. The van der Waals surface area contributed by atoms with Crippen molar-refractivity contribution >= 4 is 11.8 Å². The van der Waals surface area contributed by atoms with Gasteiger partial charge >= 0.3 is 0 Å². The predicted octanol–water partition coefficient (Wildman–Crippen LogP) is 0.610. The summed E-state index contributed by atoms with van der Waals surface area (Å²) in [5.74, 6) is -1.49. The Morgan fingerprint density at radius 2 is 1.95 bits per heavy atom. The molecule has 0 bridgehead atoms. The van der Waals surface area contributed by atoms with Crippen molar-refractivity contribution in [3.8, 4) is 11.5 Å². The van der Waals surface area contributed by atoms with Gasteiger partial charge in [-0.3, -0.25) is 14.5 Å². The summed E-state index contributed by atoms with van der Waals surface area (Å²) in [6, 6.07) is 4.39. The van der Waals surface area contributed by atoms with Crippen LogP contribution in [0.2, 0.25) is 0 Å². The molecule has 6 nitrogen and oxygen atoms in total. The number of phenolic OH excluding ortho intramolecular Hbond substituents is 2. The first-order valence-corrected chi connectivity index (χ1v) is 6.39. The van der Waals surface area contributed by atoms with Crippen LogP contribution in [0.1, 0.15) is 19.4 Å². The molecular formula is C14H20N2O4. The normalized spacial score (nSPS) is 11.9. The van der Waals surface area contributed by atoms with E-state index in [-0.39, 0.29) is 36.4 Å². The van der Waals surface area contributed by atoms with Gasteiger partial charge in [0.2, 0.25) is 11.8 Å². The number of imide groups is 1. The lowest BCUT2D eigenvalue weighted by molar-refractivity contribution is -0.145. The average Bonchev–Trinajstić information content (AvgIpc) is 2.39. The average molecular weight is 280 g/mol. The van der Waals surface area contributed by atoms with Gasteiger partial charge in [-0.25, -0.2) is 0 Å². The van der Waals surface area contributed by atoms with Gasteiger partial charge < -0.3 is 15.9 Å². The van der Waals surface area contributed by atoms with Gasteiger partial charge in [0.25, 0.3) is 0 Å². The summed E-state index contributed by atoms with van der Waals surface area (Å²) in [5, 5.41) is 18.7. The molecule has 0 aliphatic heterocycles. The third kappa shape index (κ3) is 3.96. The molecule has 0 radical (unpaired) electrons. The highest BCUT2D eigenvalue weighted by Crippen LogP contribution is 2.26. The molecule has 0 aliphatic rings. The highest BCUT2D eigenvalue weighted by atomic mass is 16.3. The summed E-state index contributed by atoms with van der Waals surface area (Å²) >= 11 is 0. The quantitative estimate of drug-likeness (QED) is 0.686. The molecule has 20 heavy (non-hydrogen) atoms. The number of hydrogen-bond acceptors (Lipinski definition) is 5. The SMILES string of the molecule is CC(=O)N(CCN)C(=O)C(C)Cc1ccc(O)c(O)c1. The van der Waals surface area contributed by atoms with Crippen LogP contribution < -0.4 is 5.73 Å². The van der Waals surface area contributed by atoms with Gasteiger partial charge in [0, 0.05) is 25.9 Å². The highest BCUT2D eigenvalue weighted by molar-refractivity contribution is 5.95. The number of amides is 2. The smallest absolute Gasteiger partial charge is 0.232 e. The van der Waals surface area contributed by atoms with E-state index in [1.54, 1.807) is 13.0 Å². The second kappa shape index (κ2) is 6.91. The molecule has 1 unspecified atom stereocenters. The van der Waals surface area contributed by atoms with Crippen LogP contribution in [0, 0.1) is 5.92 Å². The third-order valence-corrected chi connectivity index (χ3v) is 3.00. The molecule has 0 aromatic heterocycles. The van der Waals surface area contributed by atoms with Crippen LogP contribution in [0.5, 0.6) is 11.5 Å². The zero-order valence-corrected chi connectivity index (χ0v) is 11.7. The molecule has 0 spiro atoms. The van der Waals surface area contributed by atoms with Gasteiger partial charge in [0.15, 0.2) is 11.5 Å². The molecular weight excluding hydrogens is 260 g/mol. The second-order valence-electron chi connectivity index (χ2n) is 4.73. The number of rotatable bonds is 5. The monoisotopic (exact) mass is 280 g/mol. The largest absolute Gasteiger partial charge is 0.504 e. The Labute approximate surface area is 117 Å². The van der Waals surface area contributed by atoms with Crippen LogP contribution in [0.25, 0.3) is 0 Å². The van der Waals surface area contributed by atoms with E-state index < -0.39 is 5.92 Å². The van der Waals surface area contributed by atoms with Crippen molar-refractivity contribution in [1.29, 1.82) is 0 Å². The Hall–Kier alpha value is -2.08. The van der Waals surface area contributed by atoms with Crippen molar-refractivity contribution in [3.63, 3.8) is 0 Å². The lowest BCUT2D eigenvalue weighted by Crippen LogP contribution is -2.42. The second-order valence-corrected chi connectivity index (χ2v) is 4.73. The maximum atomic E-state index is 12.2. The number of carbonyl (C=O) groups excluding carboxylic acids is 2. The molecule has 0 heterocycles. The molecule has 0 aliphatic carbocycles. The summed E-state index contributed by atoms with van der Waals surface area (Å²) < 4.78 is 0. The molecule has 0 saturated carbocycles. The van der Waals surface area contributed by atoms with Crippen LogP contribution in [0.15, 0.2) is 18.2 Å². The van der Waals surface area contributed by atoms with Crippen molar-refractivity contribution in [3.05, 3.63) is 23.8 Å². The lowest BCUT2D eigenvalue weighted by Gasteiger charge is -2.22. The van der Waals surface area contributed by atoms with Crippen molar-refractivity contribution < 1.29 is 19.8 Å². The lowest BCUT2D eigenvalue weighted by atomic mass is 9.99. The van der Waals surface area contributed by atoms with Crippen LogP contribution >= 0.6 is 0 Å². The van der Waals surface area contributed by atoms with E-state index >= 15 is 0 Å². The first-order valence-electron chi connectivity index (χ1n) is 6.39. The number of nitrogens with two attached hydrogens (primary N) is 1. The van der Waals surface area contributed by atoms with Crippen molar-refractivity contribution in [2.24, 2.45) is 11.7 Å². The van der Waals surface area contributed by atoms with Crippen molar-refractivity contribution in [2.75, 3.05) is 13.1 Å². The van der Waals surface area contributed by atoms with E-state index in [4.69, 9.17) is 5.73 Å². The Kier molecular flexibility index (Phi) is 5.52. The molecule has 110 valence electrons. The minimum atomic E-state index is -0.422. The molecule has 1 aromatic carbocycles. The van der Waals surface area contributed by atoms with Gasteiger partial charge in [-0.2, -0.15) is 0 Å². The van der Waals surface area contributed by atoms with Gasteiger partial charge in [0.1, 0.15) is 0 Å². The topological polar surface area (TPSA) is 104 Å². The summed E-state index contributed by atoms with van der Waals surface area (Å²) in [6.45, 7) is 3.45. The zero-order chi connectivity index (χ0) is 15.3. The van der Waals surface area contributed by atoms with Crippen molar-refractivity contribution in [2.45, 2.75) is 20.3 Å². The van der Waals surface area contributed by atoms with Gasteiger partial charge in [0.05, 0.1) is 0 Å². The molecule has 6 heteroatoms. The van der Waals surface area contributed by atoms with Gasteiger partial charge in [-0.05, 0) is 24.1 Å². The highest BCUT2D eigenvalue weighted by Gasteiger charge is 2.23. The number of hydrogen-bond donors (Lipinski definition) is 3. The van der Waals surface area contributed by atoms with Crippen LogP contribution in [-0.2, 0) is 16.0 Å². The molecule has 1 rings (SSSR count). The summed E-state index contributed by atoms with van der Waals surface area (Å²) in [5.41, 5.74) is 6.09. The summed E-state index contributed by atoms with van der Waals surface area (Å²) in [4.78, 5) is 24.7. The minimum absolute atomic E-state index is 0.194. The fourth-order valence-electron chi connectivity index (χ4n) is 1.95. The summed E-state index contributed by atoms with van der Waals surface area (Å²) in [7, 11) is 0. The zero-order valence-electron chi connectivity index (χ0n) is 11.7. The van der Waals surface area contributed by atoms with Gasteiger partial charge in [-0.1, -0.05) is 13.0 Å². The Bertz CT molecular complexity index is 502. The van der Waals surface area contributed by atoms with Crippen molar-refractivity contribution in [1.82, 2.24) is 4.90 Å². The van der Waals surface area contributed by atoms with E-state index in [0.717, 1.165) is 4.90 Å². The number of phenols is 2. The minimum Gasteiger partial charge on any atom is -0.504 e. The first kappa shape index (κ1) is 16.0. The standard InChI is InChI=1S/C14H20N2O4/c1-9(14(20)16(6-5-15)10(2)17)7-11-3-4-12(18)13(19)8-11/h3-4,8-9,18-19H,5-7,15H2,1-2H3. The maximum Gasteiger partial charge on any atom is 0.232 e. The van der Waals surface area contributed by atoms with E-state index in [9.17, 15) is 19.8 Å². The Morgan fingerprint density at radius 1 is 1.30 bits per heavy atom. The van der Waals surface area contributed by atoms with Gasteiger partial charge in [-0.15, -0.1) is 0 Å². The number of aromatic hydroxyl groups is 2. The van der Waals surface area contributed by atoms with E-state index in [0.29, 0.717) is 12.0 Å². The van der Waals surface area contributed by atoms with Crippen LogP contribution in [0.3, 0.4) is 0 Å². The molecule has 2 amide bonds.